The van der Waals surface area contributed by atoms with Gasteiger partial charge in [0.2, 0.25) is 0 Å². The number of phenols is 1. The summed E-state index contributed by atoms with van der Waals surface area (Å²) in [5, 5.41) is 9.19. The Morgan fingerprint density at radius 2 is 2.15 bits per heavy atom. The molecule has 2 rings (SSSR count). The maximum Gasteiger partial charge on any atom is 0.165 e. The van der Waals surface area contributed by atoms with Crippen molar-refractivity contribution in [2.45, 2.75) is 26.2 Å². The first-order chi connectivity index (χ1) is 6.16. The second-order valence-electron chi connectivity index (χ2n) is 3.92. The van der Waals surface area contributed by atoms with Crippen molar-refractivity contribution in [1.82, 2.24) is 0 Å². The van der Waals surface area contributed by atoms with Crippen molar-refractivity contribution in [2.24, 2.45) is 5.92 Å². The van der Waals surface area contributed by atoms with Crippen LogP contribution >= 0.6 is 0 Å². The molecule has 1 aliphatic rings. The summed E-state index contributed by atoms with van der Waals surface area (Å²) in [5.41, 5.74) is 2.17. The maximum atomic E-state index is 13.0. The quantitative estimate of drug-likeness (QED) is 0.650. The van der Waals surface area contributed by atoms with E-state index in [9.17, 15) is 9.50 Å². The van der Waals surface area contributed by atoms with Gasteiger partial charge >= 0.3 is 0 Å². The van der Waals surface area contributed by atoms with Gasteiger partial charge in [-0.3, -0.25) is 0 Å². The third-order valence-corrected chi connectivity index (χ3v) is 2.74. The van der Waals surface area contributed by atoms with E-state index in [1.54, 1.807) is 6.07 Å². The van der Waals surface area contributed by atoms with Gasteiger partial charge in [0.15, 0.2) is 11.6 Å². The van der Waals surface area contributed by atoms with Crippen LogP contribution in [0.15, 0.2) is 12.1 Å². The van der Waals surface area contributed by atoms with Gasteiger partial charge in [-0.25, -0.2) is 4.39 Å². The molecule has 0 bridgehead atoms. The lowest BCUT2D eigenvalue weighted by molar-refractivity contribution is 0.425. The summed E-state index contributed by atoms with van der Waals surface area (Å²) >= 11 is 0. The van der Waals surface area contributed by atoms with Crippen LogP contribution in [0.5, 0.6) is 5.75 Å². The standard InChI is InChI=1S/C11H13FO/c1-7-2-3-8-5-10(12)11(13)6-9(8)4-7/h5-7,13H,2-4H2,1H3. The Balaban J connectivity index is 2.43. The number of hydrogen-bond acceptors (Lipinski definition) is 1. The Morgan fingerprint density at radius 3 is 2.92 bits per heavy atom. The Hall–Kier alpha value is -1.05. The molecule has 0 fully saturated rings. The lowest BCUT2D eigenvalue weighted by Crippen LogP contribution is -2.11. The van der Waals surface area contributed by atoms with Crippen molar-refractivity contribution in [1.29, 1.82) is 0 Å². The molecular formula is C11H13FO. The predicted octanol–water partition coefficient (Wildman–Crippen LogP) is 2.66. The molecule has 70 valence electrons. The molecule has 0 saturated heterocycles. The Kier molecular flexibility index (Phi) is 1.98. The number of rotatable bonds is 0. The average molecular weight is 180 g/mol. The normalized spacial score (nSPS) is 21.2. The van der Waals surface area contributed by atoms with Crippen LogP contribution < -0.4 is 0 Å². The van der Waals surface area contributed by atoms with Crippen molar-refractivity contribution < 1.29 is 9.50 Å². The molecule has 0 aliphatic heterocycles. The largest absolute Gasteiger partial charge is 0.505 e. The van der Waals surface area contributed by atoms with Crippen LogP contribution in [0.25, 0.3) is 0 Å². The Bertz CT molecular complexity index is 333. The Labute approximate surface area is 77.2 Å². The zero-order valence-corrected chi connectivity index (χ0v) is 7.68. The Morgan fingerprint density at radius 1 is 1.38 bits per heavy atom. The van der Waals surface area contributed by atoms with Gasteiger partial charge in [0.1, 0.15) is 0 Å². The van der Waals surface area contributed by atoms with E-state index in [0.717, 1.165) is 30.4 Å². The SMILES string of the molecule is CC1CCc2cc(F)c(O)cc2C1. The van der Waals surface area contributed by atoms with Gasteiger partial charge < -0.3 is 5.11 Å². The smallest absolute Gasteiger partial charge is 0.165 e. The number of benzene rings is 1. The summed E-state index contributed by atoms with van der Waals surface area (Å²) in [7, 11) is 0. The van der Waals surface area contributed by atoms with Crippen LogP contribution in [0.1, 0.15) is 24.5 Å². The minimum absolute atomic E-state index is 0.215. The second kappa shape index (κ2) is 3.02. The minimum atomic E-state index is -0.492. The highest BCUT2D eigenvalue weighted by Crippen LogP contribution is 2.29. The molecule has 13 heavy (non-hydrogen) atoms. The van der Waals surface area contributed by atoms with Crippen LogP contribution in [0, 0.1) is 11.7 Å². The highest BCUT2D eigenvalue weighted by Gasteiger charge is 2.17. The fourth-order valence-corrected chi connectivity index (χ4v) is 1.95. The topological polar surface area (TPSA) is 20.2 Å². The lowest BCUT2D eigenvalue weighted by Gasteiger charge is -2.21. The molecule has 1 aliphatic carbocycles. The van der Waals surface area contributed by atoms with Gasteiger partial charge in [-0.2, -0.15) is 0 Å². The number of aryl methyl sites for hydroxylation is 1. The number of aromatic hydroxyl groups is 1. The number of hydrogen-bond donors (Lipinski definition) is 1. The van der Waals surface area contributed by atoms with Gasteiger partial charge in [-0.15, -0.1) is 0 Å². The summed E-state index contributed by atoms with van der Waals surface area (Å²) < 4.78 is 13.0. The lowest BCUT2D eigenvalue weighted by atomic mass is 9.85. The molecule has 2 heteroatoms. The van der Waals surface area contributed by atoms with Gasteiger partial charge in [0, 0.05) is 0 Å². The molecule has 0 aromatic heterocycles. The van der Waals surface area contributed by atoms with Crippen molar-refractivity contribution in [2.75, 3.05) is 0 Å². The number of phenolic OH excluding ortho intramolecular Hbond substituents is 1. The molecule has 1 aromatic carbocycles. The monoisotopic (exact) mass is 180 g/mol. The van der Waals surface area contributed by atoms with E-state index in [2.05, 4.69) is 6.92 Å². The first-order valence-corrected chi connectivity index (χ1v) is 4.67. The minimum Gasteiger partial charge on any atom is -0.505 e. The zero-order chi connectivity index (χ0) is 9.42. The van der Waals surface area contributed by atoms with E-state index < -0.39 is 5.82 Å². The molecule has 0 amide bonds. The molecule has 1 unspecified atom stereocenters. The molecule has 1 N–H and O–H groups in total. The fourth-order valence-electron chi connectivity index (χ4n) is 1.95. The van der Waals surface area contributed by atoms with Crippen LogP contribution in [0.4, 0.5) is 4.39 Å². The molecule has 0 spiro atoms. The third kappa shape index (κ3) is 1.53. The first-order valence-electron chi connectivity index (χ1n) is 4.67. The highest BCUT2D eigenvalue weighted by molar-refractivity contribution is 5.37. The number of halogens is 1. The molecule has 0 saturated carbocycles. The predicted molar refractivity (Wildman–Crippen MR) is 49.3 cm³/mol. The second-order valence-corrected chi connectivity index (χ2v) is 3.92. The van der Waals surface area contributed by atoms with Gasteiger partial charge in [-0.05, 0) is 48.4 Å². The number of fused-ring (bicyclic) bond motifs is 1. The molecule has 0 heterocycles. The zero-order valence-electron chi connectivity index (χ0n) is 7.68. The summed E-state index contributed by atoms with van der Waals surface area (Å²) in [6, 6.07) is 3.04. The molecular weight excluding hydrogens is 167 g/mol. The van der Waals surface area contributed by atoms with E-state index in [1.807, 2.05) is 0 Å². The van der Waals surface area contributed by atoms with E-state index in [-0.39, 0.29) is 5.75 Å². The van der Waals surface area contributed by atoms with Gasteiger partial charge in [0.25, 0.3) is 0 Å². The summed E-state index contributed by atoms with van der Waals surface area (Å²) in [6.45, 7) is 2.18. The van der Waals surface area contributed by atoms with Gasteiger partial charge in [0.05, 0.1) is 0 Å². The summed E-state index contributed by atoms with van der Waals surface area (Å²) in [4.78, 5) is 0. The van der Waals surface area contributed by atoms with Crippen LogP contribution in [-0.2, 0) is 12.8 Å². The van der Waals surface area contributed by atoms with Crippen LogP contribution in [-0.4, -0.2) is 5.11 Å². The van der Waals surface area contributed by atoms with Crippen LogP contribution in [0.3, 0.4) is 0 Å². The van der Waals surface area contributed by atoms with E-state index in [4.69, 9.17) is 0 Å². The van der Waals surface area contributed by atoms with Crippen LogP contribution in [0.2, 0.25) is 0 Å². The van der Waals surface area contributed by atoms with Crippen molar-refractivity contribution in [3.05, 3.63) is 29.1 Å². The first kappa shape index (κ1) is 8.54. The van der Waals surface area contributed by atoms with Crippen molar-refractivity contribution >= 4 is 0 Å². The van der Waals surface area contributed by atoms with Crippen molar-refractivity contribution in [3.63, 3.8) is 0 Å². The maximum absolute atomic E-state index is 13.0. The van der Waals surface area contributed by atoms with Crippen molar-refractivity contribution in [3.8, 4) is 5.75 Å². The molecule has 0 radical (unpaired) electrons. The fraction of sp³-hybridized carbons (Fsp3) is 0.455. The highest BCUT2D eigenvalue weighted by atomic mass is 19.1. The molecule has 1 aromatic rings. The molecule has 1 atom stereocenters. The summed E-state index contributed by atoms with van der Waals surface area (Å²) in [6.07, 6.45) is 3.02. The third-order valence-electron chi connectivity index (χ3n) is 2.74. The van der Waals surface area contributed by atoms with E-state index in [1.165, 1.54) is 6.07 Å². The van der Waals surface area contributed by atoms with E-state index >= 15 is 0 Å². The van der Waals surface area contributed by atoms with E-state index in [0.29, 0.717) is 5.92 Å². The van der Waals surface area contributed by atoms with Gasteiger partial charge in [-0.1, -0.05) is 6.92 Å². The molecule has 1 nitrogen and oxygen atoms in total. The summed E-state index contributed by atoms with van der Waals surface area (Å²) in [5.74, 6) is -0.0569. The average Bonchev–Trinajstić information content (AvgIpc) is 2.08.